The molecule has 1 atom stereocenters. The van der Waals surface area contributed by atoms with Gasteiger partial charge in [-0.3, -0.25) is 0 Å². The van der Waals surface area contributed by atoms with Crippen LogP contribution in [0.4, 0.5) is 0 Å². The Balaban J connectivity index is 0.000000771. The van der Waals surface area contributed by atoms with Crippen molar-refractivity contribution in [3.8, 4) is 6.07 Å². The van der Waals surface area contributed by atoms with Crippen molar-refractivity contribution in [1.82, 2.24) is 5.32 Å². The average molecular weight is 240 g/mol. The maximum Gasteiger partial charge on any atom is 0.0991 e. The van der Waals surface area contributed by atoms with Gasteiger partial charge >= 0.3 is 0 Å². The second-order valence-corrected chi connectivity index (χ2v) is 3.81. The third-order valence-corrected chi connectivity index (χ3v) is 2.81. The van der Waals surface area contributed by atoms with E-state index in [0.29, 0.717) is 0 Å². The zero-order valence-electron chi connectivity index (χ0n) is 11.3. The molecular formula is C16H20N2. The molecule has 0 aliphatic carbocycles. The molecule has 0 bridgehead atoms. The molecule has 2 nitrogen and oxygen atoms in total. The molecule has 0 aliphatic rings. The summed E-state index contributed by atoms with van der Waals surface area (Å²) in [5, 5.41) is 14.4. The topological polar surface area (TPSA) is 35.8 Å². The van der Waals surface area contributed by atoms with Gasteiger partial charge in [-0.15, -0.1) is 0 Å². The molecule has 2 aromatic carbocycles. The van der Waals surface area contributed by atoms with Crippen LogP contribution in [0.5, 0.6) is 0 Å². The number of hydrogen-bond donors (Lipinski definition) is 1. The summed E-state index contributed by atoms with van der Waals surface area (Å²) in [5.41, 5.74) is 1.22. The summed E-state index contributed by atoms with van der Waals surface area (Å²) in [7, 11) is 1.82. The Bertz CT molecular complexity index is 521. The Kier molecular flexibility index (Phi) is 5.90. The highest BCUT2D eigenvalue weighted by molar-refractivity contribution is 5.85. The van der Waals surface area contributed by atoms with Gasteiger partial charge in [-0.1, -0.05) is 56.3 Å². The maximum absolute atomic E-state index is 8.95. The molecule has 18 heavy (non-hydrogen) atoms. The monoisotopic (exact) mass is 240 g/mol. The van der Waals surface area contributed by atoms with Crippen molar-refractivity contribution in [2.75, 3.05) is 7.05 Å². The fourth-order valence-electron chi connectivity index (χ4n) is 1.90. The van der Waals surface area contributed by atoms with Crippen molar-refractivity contribution < 1.29 is 0 Å². The van der Waals surface area contributed by atoms with Crippen LogP contribution in [0.15, 0.2) is 42.5 Å². The summed E-state index contributed by atoms with van der Waals surface area (Å²) in [4.78, 5) is 0. The van der Waals surface area contributed by atoms with Crippen molar-refractivity contribution in [3.05, 3.63) is 48.0 Å². The van der Waals surface area contributed by atoms with Crippen LogP contribution in [0.25, 0.3) is 10.8 Å². The van der Waals surface area contributed by atoms with E-state index < -0.39 is 0 Å². The van der Waals surface area contributed by atoms with Gasteiger partial charge in [0.05, 0.1) is 12.1 Å². The first-order chi connectivity index (χ1) is 8.85. The third-order valence-electron chi connectivity index (χ3n) is 2.81. The molecule has 0 amide bonds. The van der Waals surface area contributed by atoms with E-state index in [-0.39, 0.29) is 6.04 Å². The number of hydrogen-bond acceptors (Lipinski definition) is 2. The van der Waals surface area contributed by atoms with Crippen molar-refractivity contribution >= 4 is 10.8 Å². The van der Waals surface area contributed by atoms with Crippen molar-refractivity contribution in [3.63, 3.8) is 0 Å². The Morgan fingerprint density at radius 3 is 2.44 bits per heavy atom. The summed E-state index contributed by atoms with van der Waals surface area (Å²) in [6.45, 7) is 4.00. The molecule has 0 radical (unpaired) electrons. The predicted octanol–water partition coefficient (Wildman–Crippen LogP) is 3.52. The minimum Gasteiger partial charge on any atom is -0.305 e. The van der Waals surface area contributed by atoms with Crippen LogP contribution in [-0.2, 0) is 6.42 Å². The van der Waals surface area contributed by atoms with Crippen LogP contribution in [0.2, 0.25) is 0 Å². The second-order valence-electron chi connectivity index (χ2n) is 3.81. The number of rotatable bonds is 3. The summed E-state index contributed by atoms with van der Waals surface area (Å²) in [6.07, 6.45) is 0.744. The van der Waals surface area contributed by atoms with Gasteiger partial charge in [-0.05, 0) is 23.4 Å². The van der Waals surface area contributed by atoms with E-state index in [1.165, 1.54) is 16.3 Å². The molecule has 2 heteroatoms. The lowest BCUT2D eigenvalue weighted by Crippen LogP contribution is -2.25. The van der Waals surface area contributed by atoms with E-state index in [2.05, 4.69) is 35.7 Å². The fourth-order valence-corrected chi connectivity index (χ4v) is 1.90. The van der Waals surface area contributed by atoms with Crippen molar-refractivity contribution in [1.29, 1.82) is 5.26 Å². The van der Waals surface area contributed by atoms with Crippen LogP contribution in [0, 0.1) is 11.3 Å². The van der Waals surface area contributed by atoms with Crippen LogP contribution < -0.4 is 5.32 Å². The number of likely N-dealkylation sites (N-methyl/N-ethyl adjacent to an activating group) is 1. The molecule has 2 aromatic rings. The minimum absolute atomic E-state index is 0.120. The molecule has 0 saturated carbocycles. The summed E-state index contributed by atoms with van der Waals surface area (Å²) >= 11 is 0. The lowest BCUT2D eigenvalue weighted by Gasteiger charge is -2.10. The van der Waals surface area contributed by atoms with E-state index >= 15 is 0 Å². The standard InChI is InChI=1S/C14H14N2.C2H6/c1-16-13(10-15)9-12-7-4-6-11-5-2-3-8-14(11)12;1-2/h2-8,13,16H,9H2,1H3;1-2H3. The molecule has 0 spiro atoms. The average Bonchev–Trinajstić information content (AvgIpc) is 2.47. The molecule has 0 saturated heterocycles. The molecule has 0 aromatic heterocycles. The number of fused-ring (bicyclic) bond motifs is 1. The highest BCUT2D eigenvalue weighted by Crippen LogP contribution is 2.19. The quantitative estimate of drug-likeness (QED) is 0.891. The summed E-state index contributed by atoms with van der Waals surface area (Å²) in [6, 6.07) is 16.6. The second kappa shape index (κ2) is 7.47. The number of nitriles is 1. The number of nitrogens with one attached hydrogen (secondary N) is 1. The molecule has 0 aliphatic heterocycles. The Morgan fingerprint density at radius 2 is 1.78 bits per heavy atom. The molecule has 0 fully saturated rings. The summed E-state index contributed by atoms with van der Waals surface area (Å²) in [5.74, 6) is 0. The molecule has 0 heterocycles. The van der Waals surface area contributed by atoms with Gasteiger partial charge < -0.3 is 5.32 Å². The Labute approximate surface area is 109 Å². The smallest absolute Gasteiger partial charge is 0.0991 e. The zero-order valence-corrected chi connectivity index (χ0v) is 11.3. The van der Waals surface area contributed by atoms with Crippen LogP contribution >= 0.6 is 0 Å². The van der Waals surface area contributed by atoms with E-state index in [1.807, 2.05) is 39.1 Å². The van der Waals surface area contributed by atoms with Gasteiger partial charge in [0, 0.05) is 6.42 Å². The minimum atomic E-state index is -0.120. The number of nitrogens with zero attached hydrogens (tertiary/aromatic N) is 1. The lowest BCUT2D eigenvalue weighted by molar-refractivity contribution is 0.678. The molecule has 1 unspecified atom stereocenters. The highest BCUT2D eigenvalue weighted by atomic mass is 14.9. The van der Waals surface area contributed by atoms with E-state index in [0.717, 1.165) is 6.42 Å². The summed E-state index contributed by atoms with van der Waals surface area (Å²) < 4.78 is 0. The van der Waals surface area contributed by atoms with Gasteiger partial charge in [0.2, 0.25) is 0 Å². The first-order valence-corrected chi connectivity index (χ1v) is 6.38. The Hall–Kier alpha value is -1.85. The van der Waals surface area contributed by atoms with Gasteiger partial charge in [0.1, 0.15) is 0 Å². The van der Waals surface area contributed by atoms with Crippen molar-refractivity contribution in [2.45, 2.75) is 26.3 Å². The first kappa shape index (κ1) is 14.2. The zero-order chi connectivity index (χ0) is 13.4. The maximum atomic E-state index is 8.95. The van der Waals surface area contributed by atoms with E-state index in [1.54, 1.807) is 0 Å². The highest BCUT2D eigenvalue weighted by Gasteiger charge is 2.07. The van der Waals surface area contributed by atoms with Gasteiger partial charge in [-0.25, -0.2) is 0 Å². The van der Waals surface area contributed by atoms with Gasteiger partial charge in [-0.2, -0.15) is 5.26 Å². The predicted molar refractivity (Wildman–Crippen MR) is 77.5 cm³/mol. The van der Waals surface area contributed by atoms with Gasteiger partial charge in [0.15, 0.2) is 0 Å². The third kappa shape index (κ3) is 3.32. The van der Waals surface area contributed by atoms with Crippen LogP contribution in [-0.4, -0.2) is 13.1 Å². The van der Waals surface area contributed by atoms with Gasteiger partial charge in [0.25, 0.3) is 0 Å². The first-order valence-electron chi connectivity index (χ1n) is 6.38. The van der Waals surface area contributed by atoms with Crippen LogP contribution in [0.3, 0.4) is 0 Å². The SMILES string of the molecule is CC.CNC(C#N)Cc1cccc2ccccc12. The van der Waals surface area contributed by atoms with E-state index in [4.69, 9.17) is 5.26 Å². The Morgan fingerprint density at radius 1 is 1.11 bits per heavy atom. The lowest BCUT2D eigenvalue weighted by atomic mass is 9.99. The normalized spacial score (nSPS) is 11.2. The molecule has 94 valence electrons. The van der Waals surface area contributed by atoms with E-state index in [9.17, 15) is 0 Å². The largest absolute Gasteiger partial charge is 0.305 e. The van der Waals surface area contributed by atoms with Crippen LogP contribution in [0.1, 0.15) is 19.4 Å². The number of benzene rings is 2. The fraction of sp³-hybridized carbons (Fsp3) is 0.312. The molecule has 2 rings (SSSR count). The van der Waals surface area contributed by atoms with Crippen molar-refractivity contribution in [2.24, 2.45) is 0 Å². The molecular weight excluding hydrogens is 220 g/mol. The molecule has 1 N–H and O–H groups in total.